The molecule has 0 fully saturated rings. The highest BCUT2D eigenvalue weighted by atomic mass is 127. The van der Waals surface area contributed by atoms with Crippen molar-refractivity contribution < 1.29 is 4.74 Å². The minimum Gasteiger partial charge on any atom is -0.437 e. The molecule has 5 heteroatoms. The number of hydrogen-bond donors (Lipinski definition) is 1. The van der Waals surface area contributed by atoms with Gasteiger partial charge in [0.2, 0.25) is 5.88 Å². The molecule has 0 saturated heterocycles. The Morgan fingerprint density at radius 3 is 2.95 bits per heavy atom. The molecule has 102 valence electrons. The predicted octanol–water partition coefficient (Wildman–Crippen LogP) is 3.45. The third-order valence-corrected chi connectivity index (χ3v) is 3.62. The summed E-state index contributed by atoms with van der Waals surface area (Å²) in [6.45, 7) is 0.699. The summed E-state index contributed by atoms with van der Waals surface area (Å²) in [5, 5.41) is 3.16. The summed E-state index contributed by atoms with van der Waals surface area (Å²) in [6.07, 6.45) is 2.00. The van der Waals surface area contributed by atoms with Crippen molar-refractivity contribution in [2.24, 2.45) is 0 Å². The first-order valence-electron chi connectivity index (χ1n) is 6.32. The number of hydrogen-bond acceptors (Lipinski definition) is 3. The summed E-state index contributed by atoms with van der Waals surface area (Å²) in [5.41, 5.74) is 1.90. The molecule has 3 aromatic rings. The highest BCUT2D eigenvalue weighted by molar-refractivity contribution is 14.1. The van der Waals surface area contributed by atoms with Gasteiger partial charge >= 0.3 is 0 Å². The fraction of sp³-hybridized carbons (Fsp3) is 0.133. The van der Waals surface area contributed by atoms with Crippen LogP contribution in [0.4, 0.5) is 0 Å². The van der Waals surface area contributed by atoms with Crippen LogP contribution in [0.5, 0.6) is 11.6 Å². The lowest BCUT2D eigenvalue weighted by Gasteiger charge is -2.06. The van der Waals surface area contributed by atoms with Gasteiger partial charge in [-0.1, -0.05) is 12.1 Å². The van der Waals surface area contributed by atoms with Crippen LogP contribution in [0.1, 0.15) is 5.69 Å². The summed E-state index contributed by atoms with van der Waals surface area (Å²) in [6, 6.07) is 13.9. The fourth-order valence-corrected chi connectivity index (χ4v) is 2.59. The molecule has 0 spiro atoms. The van der Waals surface area contributed by atoms with Crippen LogP contribution in [-0.2, 0) is 6.54 Å². The first kappa shape index (κ1) is 13.4. The SMILES string of the molecule is CNCc1c(Oc2cccc(I)c2)nc2ccccn12. The molecule has 20 heavy (non-hydrogen) atoms. The van der Waals surface area contributed by atoms with Gasteiger partial charge in [-0.15, -0.1) is 0 Å². The van der Waals surface area contributed by atoms with Crippen LogP contribution in [0.25, 0.3) is 5.65 Å². The van der Waals surface area contributed by atoms with Gasteiger partial charge in [0, 0.05) is 16.3 Å². The van der Waals surface area contributed by atoms with Crippen molar-refractivity contribution in [1.82, 2.24) is 14.7 Å². The van der Waals surface area contributed by atoms with E-state index in [1.807, 2.05) is 60.1 Å². The summed E-state index contributed by atoms with van der Waals surface area (Å²) in [5.74, 6) is 1.45. The molecule has 2 aromatic heterocycles. The zero-order chi connectivity index (χ0) is 13.9. The fourth-order valence-electron chi connectivity index (χ4n) is 2.08. The van der Waals surface area contributed by atoms with Crippen molar-refractivity contribution in [1.29, 1.82) is 0 Å². The third-order valence-electron chi connectivity index (χ3n) is 2.95. The van der Waals surface area contributed by atoms with Gasteiger partial charge in [0.25, 0.3) is 0 Å². The molecule has 0 unspecified atom stereocenters. The van der Waals surface area contributed by atoms with Gasteiger partial charge in [-0.3, -0.25) is 4.40 Å². The van der Waals surface area contributed by atoms with Crippen LogP contribution >= 0.6 is 22.6 Å². The Morgan fingerprint density at radius 2 is 2.15 bits per heavy atom. The van der Waals surface area contributed by atoms with Crippen molar-refractivity contribution in [3.05, 3.63) is 57.9 Å². The second-order valence-corrected chi connectivity index (χ2v) is 5.63. The van der Waals surface area contributed by atoms with Crippen molar-refractivity contribution in [3.63, 3.8) is 0 Å². The smallest absolute Gasteiger partial charge is 0.242 e. The molecule has 0 saturated carbocycles. The quantitative estimate of drug-likeness (QED) is 0.706. The molecule has 4 nitrogen and oxygen atoms in total. The molecule has 3 rings (SSSR count). The number of nitrogens with zero attached hydrogens (tertiary/aromatic N) is 2. The average molecular weight is 379 g/mol. The van der Waals surface area contributed by atoms with Crippen LogP contribution < -0.4 is 10.1 Å². The second-order valence-electron chi connectivity index (χ2n) is 4.38. The number of halogens is 1. The predicted molar refractivity (Wildman–Crippen MR) is 87.2 cm³/mol. The molecular formula is C15H14IN3O. The van der Waals surface area contributed by atoms with E-state index in [0.29, 0.717) is 12.4 Å². The number of imidazole rings is 1. The van der Waals surface area contributed by atoms with E-state index in [0.717, 1.165) is 20.7 Å². The van der Waals surface area contributed by atoms with Crippen molar-refractivity contribution in [3.8, 4) is 11.6 Å². The van der Waals surface area contributed by atoms with E-state index in [1.165, 1.54) is 0 Å². The first-order valence-corrected chi connectivity index (χ1v) is 7.40. The van der Waals surface area contributed by atoms with Gasteiger partial charge in [0.05, 0.1) is 0 Å². The molecule has 0 bridgehead atoms. The van der Waals surface area contributed by atoms with Crippen molar-refractivity contribution in [2.75, 3.05) is 7.05 Å². The molecule has 0 aliphatic heterocycles. The summed E-state index contributed by atoms with van der Waals surface area (Å²) < 4.78 is 9.13. The van der Waals surface area contributed by atoms with Crippen LogP contribution in [-0.4, -0.2) is 16.4 Å². The zero-order valence-corrected chi connectivity index (χ0v) is 13.2. The number of benzene rings is 1. The standard InChI is InChI=1S/C15H14IN3O/c1-17-10-13-15(18-14-7-2-3-8-19(13)14)20-12-6-4-5-11(16)9-12/h2-9,17H,10H2,1H3. The van der Waals surface area contributed by atoms with Gasteiger partial charge in [0.1, 0.15) is 17.1 Å². The molecule has 2 heterocycles. The monoisotopic (exact) mass is 379 g/mol. The van der Waals surface area contributed by atoms with Gasteiger partial charge in [-0.25, -0.2) is 0 Å². The highest BCUT2D eigenvalue weighted by Crippen LogP contribution is 2.26. The largest absolute Gasteiger partial charge is 0.437 e. The number of fused-ring (bicyclic) bond motifs is 1. The number of aromatic nitrogens is 2. The minimum atomic E-state index is 0.646. The van der Waals surface area contributed by atoms with E-state index in [2.05, 4.69) is 32.9 Å². The van der Waals surface area contributed by atoms with Crippen molar-refractivity contribution >= 4 is 28.2 Å². The first-order chi connectivity index (χ1) is 9.78. The second kappa shape index (κ2) is 5.80. The maximum absolute atomic E-state index is 5.95. The Labute approximate surface area is 130 Å². The number of ether oxygens (including phenoxy) is 1. The molecule has 0 atom stereocenters. The summed E-state index contributed by atoms with van der Waals surface area (Å²) in [4.78, 5) is 4.55. The van der Waals surface area contributed by atoms with E-state index in [1.54, 1.807) is 0 Å². The molecule has 1 aromatic carbocycles. The molecule has 0 amide bonds. The Morgan fingerprint density at radius 1 is 1.25 bits per heavy atom. The Bertz CT molecular complexity index is 739. The lowest BCUT2D eigenvalue weighted by molar-refractivity contribution is 0.457. The average Bonchev–Trinajstić information content (AvgIpc) is 2.77. The Balaban J connectivity index is 2.04. The maximum Gasteiger partial charge on any atom is 0.242 e. The van der Waals surface area contributed by atoms with Crippen LogP contribution in [0.15, 0.2) is 48.7 Å². The number of nitrogens with one attached hydrogen (secondary N) is 1. The Hall–Kier alpha value is -1.60. The van der Waals surface area contributed by atoms with Crippen LogP contribution in [0, 0.1) is 3.57 Å². The van der Waals surface area contributed by atoms with Gasteiger partial charge in [-0.05, 0) is 60.0 Å². The van der Waals surface area contributed by atoms with Crippen molar-refractivity contribution in [2.45, 2.75) is 6.54 Å². The number of rotatable bonds is 4. The lowest BCUT2D eigenvalue weighted by atomic mass is 10.3. The van der Waals surface area contributed by atoms with E-state index in [-0.39, 0.29) is 0 Å². The van der Waals surface area contributed by atoms with Crippen LogP contribution in [0.2, 0.25) is 0 Å². The molecular weight excluding hydrogens is 365 g/mol. The van der Waals surface area contributed by atoms with Gasteiger partial charge in [0.15, 0.2) is 0 Å². The molecule has 0 aliphatic carbocycles. The third kappa shape index (κ3) is 2.64. The highest BCUT2D eigenvalue weighted by Gasteiger charge is 2.13. The van der Waals surface area contributed by atoms with Gasteiger partial charge in [-0.2, -0.15) is 4.98 Å². The summed E-state index contributed by atoms with van der Waals surface area (Å²) in [7, 11) is 1.91. The normalized spacial score (nSPS) is 10.9. The lowest BCUT2D eigenvalue weighted by Crippen LogP contribution is -2.08. The maximum atomic E-state index is 5.95. The summed E-state index contributed by atoms with van der Waals surface area (Å²) >= 11 is 2.27. The topological polar surface area (TPSA) is 38.6 Å². The minimum absolute atomic E-state index is 0.646. The molecule has 1 N–H and O–H groups in total. The Kier molecular flexibility index (Phi) is 3.88. The van der Waals surface area contributed by atoms with E-state index in [4.69, 9.17) is 4.74 Å². The number of pyridine rings is 1. The van der Waals surface area contributed by atoms with E-state index >= 15 is 0 Å². The van der Waals surface area contributed by atoms with E-state index < -0.39 is 0 Å². The molecule has 0 radical (unpaired) electrons. The van der Waals surface area contributed by atoms with Gasteiger partial charge < -0.3 is 10.1 Å². The van der Waals surface area contributed by atoms with Crippen LogP contribution in [0.3, 0.4) is 0 Å². The molecule has 0 aliphatic rings. The van der Waals surface area contributed by atoms with E-state index in [9.17, 15) is 0 Å². The zero-order valence-electron chi connectivity index (χ0n) is 11.0.